The van der Waals surface area contributed by atoms with Gasteiger partial charge in [-0.2, -0.15) is 32.5 Å². The van der Waals surface area contributed by atoms with Crippen LogP contribution in [-0.2, 0) is 6.05 Å². The van der Waals surface area contributed by atoms with Crippen molar-refractivity contribution < 1.29 is 22.0 Å². The molecule has 0 unspecified atom stereocenters. The number of aromatic nitrogens is 2. The number of hydrogen-bond acceptors (Lipinski definition) is 3. The third-order valence-electron chi connectivity index (χ3n) is 1.62. The van der Waals surface area contributed by atoms with Crippen molar-refractivity contribution in [2.24, 2.45) is 0 Å². The van der Waals surface area contributed by atoms with Crippen LogP contribution in [0.25, 0.3) is 0 Å². The van der Waals surface area contributed by atoms with E-state index in [0.29, 0.717) is 0 Å². The van der Waals surface area contributed by atoms with Crippen molar-refractivity contribution in [3.05, 3.63) is 17.7 Å². The zero-order valence-electron chi connectivity index (χ0n) is 7.26. The maximum Gasteiger partial charge on any atom is 0.475 e. The fraction of sp³-hybridized carbons (Fsp3) is 0.286. The van der Waals surface area contributed by atoms with Gasteiger partial charge in [0, 0.05) is 0 Å². The Kier molecular flexibility index (Phi) is 2.57. The Balaban J connectivity index is 3.43. The molecule has 0 aliphatic rings. The van der Waals surface area contributed by atoms with Crippen molar-refractivity contribution in [2.75, 3.05) is 0 Å². The Morgan fingerprint density at radius 2 is 1.69 bits per heavy atom. The van der Waals surface area contributed by atoms with E-state index in [1.54, 1.807) is 0 Å². The van der Waals surface area contributed by atoms with E-state index in [9.17, 15) is 22.0 Å². The Hall–Kier alpha value is -2.16. The summed E-state index contributed by atoms with van der Waals surface area (Å²) in [5.41, 5.74) is -1.92. The summed E-state index contributed by atoms with van der Waals surface area (Å²) in [7, 11) is 0. The summed E-state index contributed by atoms with van der Waals surface area (Å²) in [5.74, 6) is 0. The summed E-state index contributed by atoms with van der Waals surface area (Å²) in [6.45, 7) is 0. The molecular weight excluding hydrogens is 235 g/mol. The summed E-state index contributed by atoms with van der Waals surface area (Å²) >= 11 is 0. The smallest absolute Gasteiger partial charge is 0.252 e. The molecular formula is C7HF5N4. The highest BCUT2D eigenvalue weighted by atomic mass is 19.4. The lowest BCUT2D eigenvalue weighted by atomic mass is 10.3. The van der Waals surface area contributed by atoms with Gasteiger partial charge in [0.25, 0.3) is 0 Å². The largest absolute Gasteiger partial charge is 0.475 e. The first kappa shape index (κ1) is 11.9. The van der Waals surface area contributed by atoms with E-state index < -0.39 is 28.2 Å². The number of nitriles is 2. The summed E-state index contributed by atoms with van der Waals surface area (Å²) < 4.78 is 60.8. The molecule has 9 heteroatoms. The van der Waals surface area contributed by atoms with Crippen LogP contribution >= 0.6 is 0 Å². The van der Waals surface area contributed by atoms with Crippen LogP contribution in [0.5, 0.6) is 0 Å². The molecule has 1 aromatic heterocycles. The molecule has 0 fully saturated rings. The average molecular weight is 236 g/mol. The molecule has 16 heavy (non-hydrogen) atoms. The summed E-state index contributed by atoms with van der Waals surface area (Å²) in [5, 5.41) is 16.7. The van der Waals surface area contributed by atoms with Crippen molar-refractivity contribution in [1.82, 2.24) is 9.55 Å². The van der Waals surface area contributed by atoms with Gasteiger partial charge in [-0.15, -0.1) is 0 Å². The first-order valence-corrected chi connectivity index (χ1v) is 3.58. The van der Waals surface area contributed by atoms with E-state index in [2.05, 4.69) is 4.98 Å². The average Bonchev–Trinajstić information content (AvgIpc) is 2.58. The van der Waals surface area contributed by atoms with Gasteiger partial charge < -0.3 is 0 Å². The number of alkyl halides is 5. The van der Waals surface area contributed by atoms with Crippen LogP contribution in [0.15, 0.2) is 6.33 Å². The van der Waals surface area contributed by atoms with Crippen LogP contribution in [0.3, 0.4) is 0 Å². The lowest BCUT2D eigenvalue weighted by Crippen LogP contribution is -2.39. The maximum absolute atomic E-state index is 12.8. The first-order valence-electron chi connectivity index (χ1n) is 3.58. The quantitative estimate of drug-likeness (QED) is 0.697. The Morgan fingerprint density at radius 3 is 2.06 bits per heavy atom. The van der Waals surface area contributed by atoms with Gasteiger partial charge in [0.2, 0.25) is 0 Å². The third kappa shape index (κ3) is 1.56. The number of hydrogen-bond donors (Lipinski definition) is 0. The minimum atomic E-state index is -5.87. The van der Waals surface area contributed by atoms with Crippen molar-refractivity contribution in [3.8, 4) is 12.1 Å². The van der Waals surface area contributed by atoms with E-state index in [0.717, 1.165) is 6.07 Å². The third-order valence-corrected chi connectivity index (χ3v) is 1.62. The molecule has 84 valence electrons. The Bertz CT molecular complexity index is 486. The molecule has 0 amide bonds. The first-order chi connectivity index (χ1) is 7.25. The van der Waals surface area contributed by atoms with Gasteiger partial charge in [-0.25, -0.2) is 4.98 Å². The van der Waals surface area contributed by atoms with Gasteiger partial charge in [0.1, 0.15) is 18.5 Å². The van der Waals surface area contributed by atoms with Crippen LogP contribution in [0, 0.1) is 22.7 Å². The van der Waals surface area contributed by atoms with Gasteiger partial charge in [-0.05, 0) is 0 Å². The molecule has 0 radical (unpaired) electrons. The maximum atomic E-state index is 12.8. The molecule has 0 aliphatic heterocycles. The second kappa shape index (κ2) is 3.45. The normalized spacial score (nSPS) is 11.9. The molecule has 0 atom stereocenters. The molecule has 0 aliphatic carbocycles. The molecule has 1 heterocycles. The van der Waals surface area contributed by atoms with Crippen LogP contribution in [0.2, 0.25) is 0 Å². The lowest BCUT2D eigenvalue weighted by Gasteiger charge is -2.20. The molecule has 0 spiro atoms. The van der Waals surface area contributed by atoms with Crippen LogP contribution in [-0.4, -0.2) is 15.7 Å². The van der Waals surface area contributed by atoms with E-state index in [1.807, 2.05) is 0 Å². The molecule has 0 saturated carbocycles. The molecule has 4 nitrogen and oxygen atoms in total. The topological polar surface area (TPSA) is 65.4 Å². The SMILES string of the molecule is N#Cc1ncn(C(F)(F)C(F)(F)F)c1C#N. The van der Waals surface area contributed by atoms with Crippen molar-refractivity contribution >= 4 is 0 Å². The van der Waals surface area contributed by atoms with Gasteiger partial charge >= 0.3 is 12.2 Å². The zero-order chi connectivity index (χ0) is 12.6. The zero-order valence-corrected chi connectivity index (χ0v) is 7.26. The fourth-order valence-electron chi connectivity index (χ4n) is 0.887. The van der Waals surface area contributed by atoms with E-state index in [-0.39, 0.29) is 6.33 Å². The van der Waals surface area contributed by atoms with Crippen LogP contribution in [0.4, 0.5) is 22.0 Å². The van der Waals surface area contributed by atoms with E-state index in [4.69, 9.17) is 10.5 Å². The standard InChI is InChI=1S/C7HF5N4/c8-6(9,10)7(11,12)16-3-15-4(1-13)5(16)2-14/h3H. The number of imidazole rings is 1. The number of rotatable bonds is 1. The predicted molar refractivity (Wildman–Crippen MR) is 37.9 cm³/mol. The molecule has 0 N–H and O–H groups in total. The fourth-order valence-corrected chi connectivity index (χ4v) is 0.887. The summed E-state index contributed by atoms with van der Waals surface area (Å²) in [6, 6.07) is -2.97. The van der Waals surface area contributed by atoms with Crippen molar-refractivity contribution in [2.45, 2.75) is 12.2 Å². The van der Waals surface area contributed by atoms with E-state index in [1.165, 1.54) is 6.07 Å². The highest BCUT2D eigenvalue weighted by molar-refractivity contribution is 5.36. The van der Waals surface area contributed by atoms with Crippen molar-refractivity contribution in [1.29, 1.82) is 10.5 Å². The molecule has 1 rings (SSSR count). The van der Waals surface area contributed by atoms with Gasteiger partial charge in [0.15, 0.2) is 11.4 Å². The monoisotopic (exact) mass is 236 g/mol. The van der Waals surface area contributed by atoms with Crippen LogP contribution in [0.1, 0.15) is 11.4 Å². The molecule has 1 aromatic rings. The van der Waals surface area contributed by atoms with Crippen molar-refractivity contribution in [3.63, 3.8) is 0 Å². The summed E-state index contributed by atoms with van der Waals surface area (Å²) in [4.78, 5) is 2.98. The Morgan fingerprint density at radius 1 is 1.12 bits per heavy atom. The minimum absolute atomic E-state index is 0.102. The number of halogens is 5. The van der Waals surface area contributed by atoms with E-state index >= 15 is 0 Å². The lowest BCUT2D eigenvalue weighted by molar-refractivity contribution is -0.324. The second-order valence-corrected chi connectivity index (χ2v) is 2.57. The van der Waals surface area contributed by atoms with Gasteiger partial charge in [-0.1, -0.05) is 0 Å². The van der Waals surface area contributed by atoms with Gasteiger partial charge in [0.05, 0.1) is 0 Å². The Labute approximate surface area is 85.1 Å². The minimum Gasteiger partial charge on any atom is -0.252 e. The highest BCUT2D eigenvalue weighted by Gasteiger charge is 2.60. The number of nitrogens with zero attached hydrogens (tertiary/aromatic N) is 4. The summed E-state index contributed by atoms with van der Waals surface area (Å²) in [6.07, 6.45) is -5.77. The molecule has 0 bridgehead atoms. The molecule has 0 aromatic carbocycles. The second-order valence-electron chi connectivity index (χ2n) is 2.57. The van der Waals surface area contributed by atoms with Gasteiger partial charge in [-0.3, -0.25) is 4.57 Å². The van der Waals surface area contributed by atoms with Crippen LogP contribution < -0.4 is 0 Å². The highest BCUT2D eigenvalue weighted by Crippen LogP contribution is 2.40. The molecule has 0 saturated heterocycles. The predicted octanol–water partition coefficient (Wildman–Crippen LogP) is 1.74.